The molecule has 122 valence electrons. The zero-order chi connectivity index (χ0) is 17.1. The number of nitrogens with zero attached hydrogens (tertiary/aromatic N) is 3. The van der Waals surface area contributed by atoms with Crippen LogP contribution in [-0.2, 0) is 24.8 Å². The molecule has 1 heterocycles. The van der Waals surface area contributed by atoms with E-state index in [1.165, 1.54) is 12.1 Å². The number of rotatable bonds is 5. The summed E-state index contributed by atoms with van der Waals surface area (Å²) in [5, 5.41) is 13.4. The molecule has 0 fully saturated rings. The lowest BCUT2D eigenvalue weighted by molar-refractivity contribution is -0.384. The van der Waals surface area contributed by atoms with Crippen LogP contribution in [0.3, 0.4) is 0 Å². The van der Waals surface area contributed by atoms with Crippen LogP contribution in [0.4, 0.5) is 5.69 Å². The van der Waals surface area contributed by atoms with Gasteiger partial charge in [-0.15, -0.1) is 0 Å². The van der Waals surface area contributed by atoms with Gasteiger partial charge in [0.2, 0.25) is 5.91 Å². The molecular weight excluding hydrogens is 308 g/mol. The molecule has 0 spiro atoms. The van der Waals surface area contributed by atoms with Crippen LogP contribution in [0.25, 0.3) is 11.0 Å². The van der Waals surface area contributed by atoms with E-state index in [2.05, 4.69) is 10.3 Å². The number of nitro groups is 1. The molecule has 3 aromatic rings. The maximum absolute atomic E-state index is 12.0. The highest BCUT2D eigenvalue weighted by atomic mass is 16.6. The molecule has 0 bridgehead atoms. The van der Waals surface area contributed by atoms with Crippen LogP contribution in [0.15, 0.2) is 48.5 Å². The van der Waals surface area contributed by atoms with Crippen LogP contribution in [0, 0.1) is 10.1 Å². The molecule has 0 unspecified atom stereocenters. The fourth-order valence-corrected chi connectivity index (χ4v) is 2.51. The van der Waals surface area contributed by atoms with Gasteiger partial charge in [-0.3, -0.25) is 14.9 Å². The van der Waals surface area contributed by atoms with Crippen molar-refractivity contribution in [3.8, 4) is 0 Å². The average molecular weight is 324 g/mol. The number of carbonyl (C=O) groups is 1. The van der Waals surface area contributed by atoms with Crippen molar-refractivity contribution >= 4 is 22.6 Å². The molecule has 0 aliphatic rings. The monoisotopic (exact) mass is 324 g/mol. The number of non-ortho nitro benzene ring substituents is 1. The number of amides is 1. The number of nitrogens with one attached hydrogen (secondary N) is 1. The summed E-state index contributed by atoms with van der Waals surface area (Å²) in [4.78, 5) is 26.7. The largest absolute Gasteiger partial charge is 0.349 e. The third-order valence-electron chi connectivity index (χ3n) is 3.84. The number of hydrogen-bond donors (Lipinski definition) is 1. The Kier molecular flexibility index (Phi) is 4.24. The van der Waals surface area contributed by atoms with Crippen molar-refractivity contribution in [3.05, 3.63) is 70.0 Å². The summed E-state index contributed by atoms with van der Waals surface area (Å²) in [5.74, 6) is 0.615. The Hall–Kier alpha value is -3.22. The highest BCUT2D eigenvalue weighted by molar-refractivity contribution is 5.79. The fourth-order valence-electron chi connectivity index (χ4n) is 2.51. The minimum absolute atomic E-state index is 0.0128. The van der Waals surface area contributed by atoms with Crippen molar-refractivity contribution in [1.29, 1.82) is 0 Å². The Balaban J connectivity index is 1.62. The highest BCUT2D eigenvalue weighted by Gasteiger charge is 2.10. The Bertz CT molecular complexity index is 900. The van der Waals surface area contributed by atoms with Crippen molar-refractivity contribution in [2.75, 3.05) is 0 Å². The van der Waals surface area contributed by atoms with E-state index in [0.29, 0.717) is 6.54 Å². The third-order valence-corrected chi connectivity index (χ3v) is 3.84. The highest BCUT2D eigenvalue weighted by Crippen LogP contribution is 2.14. The molecular formula is C17H16N4O3. The van der Waals surface area contributed by atoms with Crippen LogP contribution in [0.1, 0.15) is 11.4 Å². The SMILES string of the molecule is Cn1c(CNC(=O)Cc2ccc([N+](=O)[O-])cc2)nc2ccccc21. The number of benzene rings is 2. The van der Waals surface area contributed by atoms with E-state index in [0.717, 1.165) is 22.4 Å². The number of aromatic nitrogens is 2. The number of imidazole rings is 1. The maximum atomic E-state index is 12.0. The summed E-state index contributed by atoms with van der Waals surface area (Å²) in [6.45, 7) is 0.330. The van der Waals surface area contributed by atoms with Gasteiger partial charge in [-0.25, -0.2) is 4.98 Å². The van der Waals surface area contributed by atoms with Gasteiger partial charge in [0.05, 0.1) is 28.9 Å². The second-order valence-electron chi connectivity index (χ2n) is 5.45. The van der Waals surface area contributed by atoms with Gasteiger partial charge in [0.25, 0.3) is 5.69 Å². The van der Waals surface area contributed by atoms with Crippen molar-refractivity contribution < 1.29 is 9.72 Å². The smallest absolute Gasteiger partial charge is 0.269 e. The standard InChI is InChI=1S/C17H16N4O3/c1-20-15-5-3-2-4-14(15)19-16(20)11-18-17(22)10-12-6-8-13(9-7-12)21(23)24/h2-9H,10-11H2,1H3,(H,18,22). The normalized spacial score (nSPS) is 10.7. The van der Waals surface area contributed by atoms with Crippen LogP contribution >= 0.6 is 0 Å². The van der Waals surface area contributed by atoms with Crippen molar-refractivity contribution in [1.82, 2.24) is 14.9 Å². The van der Waals surface area contributed by atoms with Crippen molar-refractivity contribution in [2.45, 2.75) is 13.0 Å². The van der Waals surface area contributed by atoms with Gasteiger partial charge in [0.15, 0.2) is 0 Å². The van der Waals surface area contributed by atoms with E-state index in [4.69, 9.17) is 0 Å². The van der Waals surface area contributed by atoms with Gasteiger partial charge < -0.3 is 9.88 Å². The molecule has 0 saturated heterocycles. The minimum Gasteiger partial charge on any atom is -0.349 e. The molecule has 7 heteroatoms. The van der Waals surface area contributed by atoms with Crippen LogP contribution in [0.2, 0.25) is 0 Å². The Morgan fingerprint density at radius 1 is 1.21 bits per heavy atom. The van der Waals surface area contributed by atoms with Gasteiger partial charge in [-0.2, -0.15) is 0 Å². The van der Waals surface area contributed by atoms with Crippen LogP contribution in [0.5, 0.6) is 0 Å². The van der Waals surface area contributed by atoms with Gasteiger partial charge in [-0.1, -0.05) is 24.3 Å². The first-order valence-corrected chi connectivity index (χ1v) is 7.45. The maximum Gasteiger partial charge on any atom is 0.269 e. The lowest BCUT2D eigenvalue weighted by atomic mass is 10.1. The molecule has 0 aliphatic heterocycles. The summed E-state index contributed by atoms with van der Waals surface area (Å²) >= 11 is 0. The Labute approximate surface area is 138 Å². The quantitative estimate of drug-likeness (QED) is 0.576. The van der Waals surface area contributed by atoms with E-state index >= 15 is 0 Å². The van der Waals surface area contributed by atoms with E-state index in [9.17, 15) is 14.9 Å². The lowest BCUT2D eigenvalue weighted by Crippen LogP contribution is -2.25. The predicted octanol–water partition coefficient (Wildman–Crippen LogP) is 2.34. The van der Waals surface area contributed by atoms with Crippen molar-refractivity contribution in [2.24, 2.45) is 7.05 Å². The van der Waals surface area contributed by atoms with Gasteiger partial charge >= 0.3 is 0 Å². The number of nitro benzene ring substituents is 1. The van der Waals surface area contributed by atoms with E-state index in [1.807, 2.05) is 35.9 Å². The third kappa shape index (κ3) is 3.24. The van der Waals surface area contributed by atoms with Gasteiger partial charge in [0, 0.05) is 19.2 Å². The molecule has 3 rings (SSSR count). The average Bonchev–Trinajstić information content (AvgIpc) is 2.90. The minimum atomic E-state index is -0.463. The summed E-state index contributed by atoms with van der Waals surface area (Å²) in [6.07, 6.45) is 0.169. The van der Waals surface area contributed by atoms with E-state index in [1.54, 1.807) is 12.1 Å². The predicted molar refractivity (Wildman–Crippen MR) is 89.4 cm³/mol. The summed E-state index contributed by atoms with van der Waals surface area (Å²) in [7, 11) is 1.91. The number of carbonyl (C=O) groups excluding carboxylic acids is 1. The summed E-state index contributed by atoms with van der Waals surface area (Å²) in [6, 6.07) is 13.7. The molecule has 2 aromatic carbocycles. The molecule has 1 aromatic heterocycles. The number of hydrogen-bond acceptors (Lipinski definition) is 4. The zero-order valence-electron chi connectivity index (χ0n) is 13.1. The van der Waals surface area contributed by atoms with Gasteiger partial charge in [-0.05, 0) is 17.7 Å². The topological polar surface area (TPSA) is 90.1 Å². The molecule has 24 heavy (non-hydrogen) atoms. The molecule has 1 N–H and O–H groups in total. The lowest BCUT2D eigenvalue weighted by Gasteiger charge is -2.06. The molecule has 0 aliphatic carbocycles. The molecule has 1 amide bonds. The number of aryl methyl sites for hydroxylation is 1. The van der Waals surface area contributed by atoms with Crippen LogP contribution < -0.4 is 5.32 Å². The molecule has 7 nitrogen and oxygen atoms in total. The first-order valence-electron chi connectivity index (χ1n) is 7.45. The summed E-state index contributed by atoms with van der Waals surface area (Å²) in [5.41, 5.74) is 2.64. The Morgan fingerprint density at radius 3 is 2.58 bits per heavy atom. The summed E-state index contributed by atoms with van der Waals surface area (Å²) < 4.78 is 1.95. The molecule has 0 saturated carbocycles. The zero-order valence-corrected chi connectivity index (χ0v) is 13.1. The Morgan fingerprint density at radius 2 is 1.92 bits per heavy atom. The number of para-hydroxylation sites is 2. The van der Waals surface area contributed by atoms with E-state index in [-0.39, 0.29) is 18.0 Å². The first kappa shape index (κ1) is 15.7. The van der Waals surface area contributed by atoms with Gasteiger partial charge in [0.1, 0.15) is 5.82 Å². The van der Waals surface area contributed by atoms with Crippen molar-refractivity contribution in [3.63, 3.8) is 0 Å². The molecule has 0 radical (unpaired) electrons. The van der Waals surface area contributed by atoms with Crippen LogP contribution in [-0.4, -0.2) is 20.4 Å². The number of fused-ring (bicyclic) bond motifs is 1. The second kappa shape index (κ2) is 6.49. The van der Waals surface area contributed by atoms with E-state index < -0.39 is 4.92 Å². The fraction of sp³-hybridized carbons (Fsp3) is 0.176. The second-order valence-corrected chi connectivity index (χ2v) is 5.45. The molecule has 0 atom stereocenters. The first-order chi connectivity index (χ1) is 11.5.